The van der Waals surface area contributed by atoms with E-state index in [-0.39, 0.29) is 17.9 Å². The lowest BCUT2D eigenvalue weighted by molar-refractivity contribution is -0.125. The highest BCUT2D eigenvalue weighted by molar-refractivity contribution is 5.79. The molecule has 0 heterocycles. The zero-order valence-electron chi connectivity index (χ0n) is 9.79. The van der Waals surface area contributed by atoms with Gasteiger partial charge in [-0.05, 0) is 19.3 Å². The van der Waals surface area contributed by atoms with Crippen molar-refractivity contribution < 1.29 is 4.79 Å². The zero-order chi connectivity index (χ0) is 11.8. The Bertz CT molecular complexity index is 232. The summed E-state index contributed by atoms with van der Waals surface area (Å²) in [6.07, 6.45) is 1.13. The van der Waals surface area contributed by atoms with Crippen molar-refractivity contribution in [1.82, 2.24) is 5.32 Å². The molecule has 3 N–H and O–H groups in total. The second-order valence-electron chi connectivity index (χ2n) is 4.33. The molecule has 86 valence electrons. The lowest BCUT2D eigenvalue weighted by Crippen LogP contribution is -2.40. The Kier molecular flexibility index (Phi) is 6.72. The molecule has 0 saturated heterocycles. The summed E-state index contributed by atoms with van der Waals surface area (Å²) in [7, 11) is 0. The maximum atomic E-state index is 11.7. The van der Waals surface area contributed by atoms with Crippen LogP contribution < -0.4 is 11.1 Å². The summed E-state index contributed by atoms with van der Waals surface area (Å²) in [6.45, 7) is 6.32. The van der Waals surface area contributed by atoms with Gasteiger partial charge >= 0.3 is 0 Å². The molecule has 0 bridgehead atoms. The van der Waals surface area contributed by atoms with Crippen LogP contribution in [0.15, 0.2) is 0 Å². The van der Waals surface area contributed by atoms with Crippen LogP contribution in [-0.4, -0.2) is 18.5 Å². The molecule has 0 radical (unpaired) electrons. The van der Waals surface area contributed by atoms with Gasteiger partial charge in [-0.3, -0.25) is 4.79 Å². The topological polar surface area (TPSA) is 78.9 Å². The van der Waals surface area contributed by atoms with E-state index < -0.39 is 0 Å². The molecule has 0 fully saturated rings. The summed E-state index contributed by atoms with van der Waals surface area (Å²) >= 11 is 0. The van der Waals surface area contributed by atoms with Crippen molar-refractivity contribution >= 4 is 5.91 Å². The summed E-state index contributed by atoms with van der Waals surface area (Å²) in [5.41, 5.74) is 5.55. The molecule has 0 rings (SSSR count). The Labute approximate surface area is 91.8 Å². The van der Waals surface area contributed by atoms with Gasteiger partial charge in [-0.2, -0.15) is 5.26 Å². The fourth-order valence-electron chi connectivity index (χ4n) is 1.43. The molecule has 2 unspecified atom stereocenters. The van der Waals surface area contributed by atoms with Gasteiger partial charge in [-0.1, -0.05) is 13.8 Å². The number of amides is 1. The molecule has 1 amide bonds. The quantitative estimate of drug-likeness (QED) is 0.688. The van der Waals surface area contributed by atoms with Crippen molar-refractivity contribution in [1.29, 1.82) is 5.26 Å². The second kappa shape index (κ2) is 7.24. The minimum Gasteiger partial charge on any atom is -0.352 e. The molecule has 0 aromatic carbocycles. The van der Waals surface area contributed by atoms with Crippen LogP contribution in [0, 0.1) is 23.2 Å². The van der Waals surface area contributed by atoms with Crippen LogP contribution in [0.25, 0.3) is 0 Å². The molecule has 0 aliphatic rings. The number of nitrogens with two attached hydrogens (primary N) is 1. The van der Waals surface area contributed by atoms with E-state index in [1.54, 1.807) is 0 Å². The van der Waals surface area contributed by atoms with Crippen molar-refractivity contribution in [3.05, 3.63) is 0 Å². The van der Waals surface area contributed by atoms with Gasteiger partial charge in [0.15, 0.2) is 0 Å². The number of carbonyl (C=O) groups is 1. The van der Waals surface area contributed by atoms with Crippen LogP contribution in [0.2, 0.25) is 0 Å². The van der Waals surface area contributed by atoms with Crippen LogP contribution >= 0.6 is 0 Å². The first-order chi connectivity index (χ1) is 7.01. The maximum absolute atomic E-state index is 11.7. The normalized spacial score (nSPS) is 14.4. The molecule has 4 nitrogen and oxygen atoms in total. The zero-order valence-corrected chi connectivity index (χ0v) is 9.79. The number of hydrogen-bond donors (Lipinski definition) is 2. The summed E-state index contributed by atoms with van der Waals surface area (Å²) in [6, 6.07) is 1.93. The van der Waals surface area contributed by atoms with Gasteiger partial charge in [-0.25, -0.2) is 0 Å². The highest BCUT2D eigenvalue weighted by Gasteiger charge is 2.19. The lowest BCUT2D eigenvalue weighted by Gasteiger charge is -2.19. The average Bonchev–Trinajstić information content (AvgIpc) is 2.13. The molecular formula is C11H21N3O. The van der Waals surface area contributed by atoms with Gasteiger partial charge in [-0.15, -0.1) is 0 Å². The van der Waals surface area contributed by atoms with E-state index in [0.717, 1.165) is 6.42 Å². The number of hydrogen-bond acceptors (Lipinski definition) is 3. The van der Waals surface area contributed by atoms with E-state index in [2.05, 4.69) is 19.2 Å². The molecule has 0 spiro atoms. The average molecular weight is 211 g/mol. The van der Waals surface area contributed by atoms with Crippen molar-refractivity contribution in [2.24, 2.45) is 17.6 Å². The maximum Gasteiger partial charge on any atom is 0.224 e. The van der Waals surface area contributed by atoms with Crippen molar-refractivity contribution in [2.75, 3.05) is 6.54 Å². The predicted molar refractivity (Wildman–Crippen MR) is 59.8 cm³/mol. The third kappa shape index (κ3) is 6.08. The second-order valence-corrected chi connectivity index (χ2v) is 4.33. The van der Waals surface area contributed by atoms with Crippen LogP contribution in [0.3, 0.4) is 0 Å². The smallest absolute Gasteiger partial charge is 0.224 e. The van der Waals surface area contributed by atoms with Gasteiger partial charge in [0.1, 0.15) is 0 Å². The highest BCUT2D eigenvalue weighted by Crippen LogP contribution is 2.10. The fourth-order valence-corrected chi connectivity index (χ4v) is 1.43. The SMILES string of the molecule is CC(C)CC(CN)C(=O)NC(C)CC#N. The molecule has 0 aliphatic carbocycles. The van der Waals surface area contributed by atoms with Gasteiger partial charge in [0.25, 0.3) is 0 Å². The van der Waals surface area contributed by atoms with Crippen LogP contribution in [0.5, 0.6) is 0 Å². The number of nitrogens with zero attached hydrogens (tertiary/aromatic N) is 1. The van der Waals surface area contributed by atoms with Crippen LogP contribution in [0.4, 0.5) is 0 Å². The molecule has 2 atom stereocenters. The largest absolute Gasteiger partial charge is 0.352 e. The Balaban J connectivity index is 4.10. The van der Waals surface area contributed by atoms with E-state index in [9.17, 15) is 4.79 Å². The first kappa shape index (κ1) is 13.9. The first-order valence-corrected chi connectivity index (χ1v) is 5.38. The summed E-state index contributed by atoms with van der Waals surface area (Å²) in [5.74, 6) is 0.288. The molecule has 0 saturated carbocycles. The van der Waals surface area contributed by atoms with Gasteiger partial charge in [0.2, 0.25) is 5.91 Å². The Morgan fingerprint density at radius 1 is 1.47 bits per heavy atom. The summed E-state index contributed by atoms with van der Waals surface area (Å²) in [4.78, 5) is 11.7. The van der Waals surface area contributed by atoms with E-state index in [1.807, 2.05) is 13.0 Å². The standard InChI is InChI=1S/C11H21N3O/c1-8(2)6-10(7-13)11(15)14-9(3)4-5-12/h8-10H,4,6-7,13H2,1-3H3,(H,14,15). The van der Waals surface area contributed by atoms with E-state index >= 15 is 0 Å². The molecule has 4 heteroatoms. The molecule has 0 aromatic heterocycles. The molecule has 0 aliphatic heterocycles. The van der Waals surface area contributed by atoms with Gasteiger partial charge in [0, 0.05) is 12.6 Å². The molecular weight excluding hydrogens is 190 g/mol. The van der Waals surface area contributed by atoms with Crippen molar-refractivity contribution in [3.8, 4) is 6.07 Å². The molecule has 15 heavy (non-hydrogen) atoms. The predicted octanol–water partition coefficient (Wildman–Crippen LogP) is 1.03. The van der Waals surface area contributed by atoms with E-state index in [4.69, 9.17) is 11.0 Å². The minimum absolute atomic E-state index is 0.0334. The van der Waals surface area contributed by atoms with Gasteiger partial charge in [0.05, 0.1) is 18.4 Å². The number of carbonyl (C=O) groups excluding carboxylic acids is 1. The van der Waals surface area contributed by atoms with E-state index in [0.29, 0.717) is 18.9 Å². The third-order valence-corrected chi connectivity index (χ3v) is 2.20. The monoisotopic (exact) mass is 211 g/mol. The fraction of sp³-hybridized carbons (Fsp3) is 0.818. The summed E-state index contributed by atoms with van der Waals surface area (Å²) in [5, 5.41) is 11.3. The van der Waals surface area contributed by atoms with Crippen LogP contribution in [0.1, 0.15) is 33.6 Å². The van der Waals surface area contributed by atoms with Crippen LogP contribution in [-0.2, 0) is 4.79 Å². The van der Waals surface area contributed by atoms with Crippen molar-refractivity contribution in [2.45, 2.75) is 39.7 Å². The Hall–Kier alpha value is -1.08. The number of nitriles is 1. The van der Waals surface area contributed by atoms with E-state index in [1.165, 1.54) is 0 Å². The Morgan fingerprint density at radius 2 is 2.07 bits per heavy atom. The highest BCUT2D eigenvalue weighted by atomic mass is 16.1. The number of rotatable bonds is 6. The Morgan fingerprint density at radius 3 is 2.47 bits per heavy atom. The number of nitrogens with one attached hydrogen (secondary N) is 1. The van der Waals surface area contributed by atoms with Gasteiger partial charge < -0.3 is 11.1 Å². The summed E-state index contributed by atoms with van der Waals surface area (Å²) < 4.78 is 0. The minimum atomic E-state index is -0.133. The molecule has 0 aromatic rings. The lowest BCUT2D eigenvalue weighted by atomic mass is 9.96. The van der Waals surface area contributed by atoms with Crippen molar-refractivity contribution in [3.63, 3.8) is 0 Å². The third-order valence-electron chi connectivity index (χ3n) is 2.20. The first-order valence-electron chi connectivity index (χ1n) is 5.38.